The van der Waals surface area contributed by atoms with Gasteiger partial charge in [-0.3, -0.25) is 5.10 Å². The molecule has 2 N–H and O–H groups in total. The summed E-state index contributed by atoms with van der Waals surface area (Å²) in [5, 5.41) is 19.2. The van der Waals surface area contributed by atoms with E-state index < -0.39 is 0 Å². The summed E-state index contributed by atoms with van der Waals surface area (Å²) in [4.78, 5) is 22.5. The summed E-state index contributed by atoms with van der Waals surface area (Å²) < 4.78 is 5.80. The second kappa shape index (κ2) is 7.70. The number of aromatic nitrogens is 4. The van der Waals surface area contributed by atoms with Crippen LogP contribution < -0.4 is 5.32 Å². The van der Waals surface area contributed by atoms with Gasteiger partial charge in [-0.1, -0.05) is 0 Å². The minimum atomic E-state index is -0.190. The molecule has 0 bridgehead atoms. The van der Waals surface area contributed by atoms with E-state index in [9.17, 15) is 4.79 Å². The molecule has 152 valence electrons. The zero-order chi connectivity index (χ0) is 20.4. The van der Waals surface area contributed by atoms with Gasteiger partial charge in [0.2, 0.25) is 0 Å². The van der Waals surface area contributed by atoms with Gasteiger partial charge in [-0.2, -0.15) is 10.4 Å². The standard InChI is InChI=1S/C20H25N7O2/c1-20(2)6-3-7-27(20)19(28)29-15-5-4-13(8-15)16-9-17(26-25-16)24-18-12-22-14(10-21)11-23-18/h9,11-13,15H,3-8H2,1-2H3,(H2,23,24,25,26). The van der Waals surface area contributed by atoms with E-state index in [2.05, 4.69) is 39.3 Å². The Morgan fingerprint density at radius 2 is 2.21 bits per heavy atom. The van der Waals surface area contributed by atoms with Gasteiger partial charge in [0.1, 0.15) is 18.0 Å². The maximum Gasteiger partial charge on any atom is 0.410 e. The molecule has 2 fully saturated rings. The van der Waals surface area contributed by atoms with Crippen LogP contribution in [-0.2, 0) is 4.74 Å². The molecule has 0 radical (unpaired) electrons. The van der Waals surface area contributed by atoms with E-state index in [-0.39, 0.29) is 29.3 Å². The van der Waals surface area contributed by atoms with Gasteiger partial charge in [0, 0.05) is 29.8 Å². The van der Waals surface area contributed by atoms with Crippen LogP contribution >= 0.6 is 0 Å². The van der Waals surface area contributed by atoms with Gasteiger partial charge < -0.3 is 15.0 Å². The van der Waals surface area contributed by atoms with Crippen molar-refractivity contribution in [3.63, 3.8) is 0 Å². The highest BCUT2D eigenvalue weighted by atomic mass is 16.6. The van der Waals surface area contributed by atoms with Crippen LogP contribution in [0, 0.1) is 11.3 Å². The first-order valence-electron chi connectivity index (χ1n) is 9.97. The van der Waals surface area contributed by atoms with Crippen molar-refractivity contribution in [3.05, 3.63) is 29.8 Å². The average Bonchev–Trinajstić information content (AvgIpc) is 3.42. The molecule has 1 aliphatic carbocycles. The van der Waals surface area contributed by atoms with E-state index >= 15 is 0 Å². The molecule has 2 atom stereocenters. The third-order valence-corrected chi connectivity index (χ3v) is 5.83. The SMILES string of the molecule is CC1(C)CCCN1C(=O)OC1CCC(c2cc(Nc3cnc(C#N)cn3)n[nH]2)C1. The number of nitrogens with one attached hydrogen (secondary N) is 2. The van der Waals surface area contributed by atoms with Crippen LogP contribution in [0.2, 0.25) is 0 Å². The smallest absolute Gasteiger partial charge is 0.410 e. The van der Waals surface area contributed by atoms with Crippen LogP contribution in [0.3, 0.4) is 0 Å². The Hall–Kier alpha value is -3.15. The van der Waals surface area contributed by atoms with E-state index in [0.29, 0.717) is 11.6 Å². The van der Waals surface area contributed by atoms with Gasteiger partial charge in [-0.15, -0.1) is 0 Å². The Morgan fingerprint density at radius 3 is 2.90 bits per heavy atom. The molecule has 3 heterocycles. The Kier molecular flexibility index (Phi) is 5.09. The number of nitriles is 1. The van der Waals surface area contributed by atoms with Crippen molar-refractivity contribution < 1.29 is 9.53 Å². The van der Waals surface area contributed by atoms with Crippen molar-refractivity contribution in [1.29, 1.82) is 5.26 Å². The van der Waals surface area contributed by atoms with Gasteiger partial charge in [-0.25, -0.2) is 14.8 Å². The molecule has 2 unspecified atom stereocenters. The maximum atomic E-state index is 12.6. The lowest BCUT2D eigenvalue weighted by molar-refractivity contribution is 0.0486. The first kappa shape index (κ1) is 19.2. The summed E-state index contributed by atoms with van der Waals surface area (Å²) >= 11 is 0. The highest BCUT2D eigenvalue weighted by molar-refractivity contribution is 5.69. The van der Waals surface area contributed by atoms with E-state index in [1.165, 1.54) is 12.4 Å². The predicted octanol–water partition coefficient (Wildman–Crippen LogP) is 3.46. The number of likely N-dealkylation sites (tertiary alicyclic amines) is 1. The molecule has 1 saturated carbocycles. The molecular weight excluding hydrogens is 370 g/mol. The molecule has 1 aliphatic heterocycles. The van der Waals surface area contributed by atoms with Crippen LogP contribution in [-0.4, -0.2) is 49.3 Å². The molecule has 4 rings (SSSR count). The van der Waals surface area contributed by atoms with E-state index in [1.807, 2.05) is 17.0 Å². The molecular formula is C20H25N7O2. The molecule has 0 spiro atoms. The zero-order valence-corrected chi connectivity index (χ0v) is 16.7. The number of aromatic amines is 1. The molecule has 1 saturated heterocycles. The van der Waals surface area contributed by atoms with Crippen LogP contribution in [0.25, 0.3) is 0 Å². The number of hydrogen-bond donors (Lipinski definition) is 2. The summed E-state index contributed by atoms with van der Waals surface area (Å²) in [7, 11) is 0. The summed E-state index contributed by atoms with van der Waals surface area (Å²) in [5.41, 5.74) is 1.16. The Bertz CT molecular complexity index is 916. The number of carbonyl (C=O) groups excluding carboxylic acids is 1. The highest BCUT2D eigenvalue weighted by Gasteiger charge is 2.38. The molecule has 2 aliphatic rings. The molecule has 9 heteroatoms. The van der Waals surface area contributed by atoms with Crippen molar-refractivity contribution in [3.8, 4) is 6.07 Å². The van der Waals surface area contributed by atoms with Crippen molar-refractivity contribution in [2.75, 3.05) is 11.9 Å². The maximum absolute atomic E-state index is 12.6. The third-order valence-electron chi connectivity index (χ3n) is 5.83. The number of rotatable bonds is 4. The lowest BCUT2D eigenvalue weighted by Crippen LogP contribution is -2.43. The normalized spacial score (nSPS) is 23.0. The minimum absolute atomic E-state index is 0.0620. The fourth-order valence-corrected chi connectivity index (χ4v) is 4.17. The third kappa shape index (κ3) is 4.16. The largest absolute Gasteiger partial charge is 0.446 e. The van der Waals surface area contributed by atoms with Gasteiger partial charge in [0.05, 0.1) is 12.4 Å². The van der Waals surface area contributed by atoms with Crippen molar-refractivity contribution in [1.82, 2.24) is 25.1 Å². The van der Waals surface area contributed by atoms with Crippen molar-refractivity contribution in [2.45, 2.75) is 63.5 Å². The van der Waals surface area contributed by atoms with Gasteiger partial charge in [0.15, 0.2) is 11.5 Å². The summed E-state index contributed by atoms with van der Waals surface area (Å²) in [6.45, 7) is 4.96. The molecule has 1 amide bonds. The number of ether oxygens (including phenoxy) is 1. The predicted molar refractivity (Wildman–Crippen MR) is 105 cm³/mol. The number of nitrogens with zero attached hydrogens (tertiary/aromatic N) is 5. The molecule has 2 aromatic rings. The van der Waals surface area contributed by atoms with Crippen LogP contribution in [0.5, 0.6) is 0 Å². The Balaban J connectivity index is 1.32. The summed E-state index contributed by atoms with van der Waals surface area (Å²) in [5.74, 6) is 1.43. The first-order valence-corrected chi connectivity index (χ1v) is 9.97. The fraction of sp³-hybridized carbons (Fsp3) is 0.550. The first-order chi connectivity index (χ1) is 13.9. The molecule has 29 heavy (non-hydrogen) atoms. The van der Waals surface area contributed by atoms with E-state index in [4.69, 9.17) is 10.00 Å². The number of carbonyl (C=O) groups is 1. The number of amides is 1. The molecule has 0 aromatic carbocycles. The summed E-state index contributed by atoms with van der Waals surface area (Å²) in [6.07, 6.45) is 7.29. The average molecular weight is 395 g/mol. The van der Waals surface area contributed by atoms with E-state index in [1.54, 1.807) is 0 Å². The Morgan fingerprint density at radius 1 is 1.34 bits per heavy atom. The second-order valence-electron chi connectivity index (χ2n) is 8.32. The van der Waals surface area contributed by atoms with Crippen LogP contribution in [0.15, 0.2) is 18.5 Å². The number of hydrogen-bond acceptors (Lipinski definition) is 7. The lowest BCUT2D eigenvalue weighted by atomic mass is 10.0. The second-order valence-corrected chi connectivity index (χ2v) is 8.32. The molecule has 2 aromatic heterocycles. The van der Waals surface area contributed by atoms with Gasteiger partial charge >= 0.3 is 6.09 Å². The molecule has 9 nitrogen and oxygen atoms in total. The van der Waals surface area contributed by atoms with Crippen LogP contribution in [0.1, 0.15) is 63.3 Å². The number of anilines is 2. The van der Waals surface area contributed by atoms with Crippen molar-refractivity contribution in [2.24, 2.45) is 0 Å². The topological polar surface area (TPSA) is 120 Å². The van der Waals surface area contributed by atoms with Crippen LogP contribution in [0.4, 0.5) is 16.4 Å². The monoisotopic (exact) mass is 395 g/mol. The zero-order valence-electron chi connectivity index (χ0n) is 16.7. The summed E-state index contributed by atoms with van der Waals surface area (Å²) in [6, 6.07) is 3.88. The van der Waals surface area contributed by atoms with E-state index in [0.717, 1.165) is 44.3 Å². The van der Waals surface area contributed by atoms with Crippen molar-refractivity contribution >= 4 is 17.7 Å². The van der Waals surface area contributed by atoms with Gasteiger partial charge in [0.25, 0.3) is 0 Å². The van der Waals surface area contributed by atoms with Gasteiger partial charge in [-0.05, 0) is 46.0 Å². The quantitative estimate of drug-likeness (QED) is 0.813. The Labute approximate surface area is 169 Å². The highest BCUT2D eigenvalue weighted by Crippen LogP contribution is 2.37. The fourth-order valence-electron chi connectivity index (χ4n) is 4.17. The number of H-pyrrole nitrogens is 1. The minimum Gasteiger partial charge on any atom is -0.446 e. The lowest BCUT2D eigenvalue weighted by Gasteiger charge is -2.31.